The van der Waals surface area contributed by atoms with Crippen molar-refractivity contribution in [2.75, 3.05) is 0 Å². The van der Waals surface area contributed by atoms with Gasteiger partial charge in [-0.25, -0.2) is 4.79 Å². The summed E-state index contributed by atoms with van der Waals surface area (Å²) in [4.78, 5) is 14.7. The number of ether oxygens (including phenoxy) is 2. The molecule has 1 aliphatic carbocycles. The highest BCUT2D eigenvalue weighted by Crippen LogP contribution is 2.41. The van der Waals surface area contributed by atoms with Crippen LogP contribution >= 0.6 is 0 Å². The summed E-state index contributed by atoms with van der Waals surface area (Å²) in [6.07, 6.45) is 5.73. The maximum atomic E-state index is 12.9. The van der Waals surface area contributed by atoms with Crippen LogP contribution in [0.25, 0.3) is 0 Å². The molecular formula is C30H47NO4. The van der Waals surface area contributed by atoms with E-state index in [0.29, 0.717) is 31.1 Å². The maximum absolute atomic E-state index is 12.9. The number of allylic oxidation sites excluding steroid dienone is 2. The zero-order valence-corrected chi connectivity index (χ0v) is 22.9. The minimum absolute atomic E-state index is 0.0464. The molecule has 0 saturated carbocycles. The first-order valence-electron chi connectivity index (χ1n) is 13.2. The van der Waals surface area contributed by atoms with E-state index in [-0.39, 0.29) is 30.0 Å². The summed E-state index contributed by atoms with van der Waals surface area (Å²) < 4.78 is 12.3. The van der Waals surface area contributed by atoms with Gasteiger partial charge in [0, 0.05) is 24.4 Å². The van der Waals surface area contributed by atoms with Gasteiger partial charge in [0.25, 0.3) is 0 Å². The zero-order chi connectivity index (χ0) is 26.2. The van der Waals surface area contributed by atoms with Gasteiger partial charge in [-0.1, -0.05) is 50.3 Å². The van der Waals surface area contributed by atoms with E-state index in [9.17, 15) is 9.90 Å². The van der Waals surface area contributed by atoms with Crippen molar-refractivity contribution in [3.8, 4) is 0 Å². The molecule has 0 radical (unpaired) electrons. The third kappa shape index (κ3) is 7.94. The van der Waals surface area contributed by atoms with E-state index in [1.54, 1.807) is 4.90 Å². The predicted molar refractivity (Wildman–Crippen MR) is 143 cm³/mol. The van der Waals surface area contributed by atoms with Gasteiger partial charge in [-0.2, -0.15) is 0 Å². The summed E-state index contributed by atoms with van der Waals surface area (Å²) in [5.74, 6) is 1.12. The highest BCUT2D eigenvalue weighted by atomic mass is 16.6. The number of carbonyl (C=O) groups excluding carboxylic acids is 1. The molecule has 0 aliphatic heterocycles. The molecule has 0 bridgehead atoms. The lowest BCUT2D eigenvalue weighted by Crippen LogP contribution is -2.49. The largest absolute Gasteiger partial charge is 0.415 e. The first-order chi connectivity index (χ1) is 16.5. The fraction of sp³-hybridized carbons (Fsp3) is 0.633. The van der Waals surface area contributed by atoms with Crippen LogP contribution in [0.3, 0.4) is 0 Å². The van der Waals surface area contributed by atoms with E-state index in [2.05, 4.69) is 20.4 Å². The number of hydrogen-bond acceptors (Lipinski definition) is 4. The van der Waals surface area contributed by atoms with Gasteiger partial charge >= 0.3 is 6.09 Å². The number of aliphatic hydroxyl groups excluding tert-OH is 1. The summed E-state index contributed by atoms with van der Waals surface area (Å²) in [6.45, 7) is 18.7. The Bertz CT molecular complexity index is 824. The second kappa shape index (κ2) is 13.3. The molecular weight excluding hydrogens is 438 g/mol. The molecule has 0 spiro atoms. The van der Waals surface area contributed by atoms with Gasteiger partial charge in [0.05, 0.1) is 18.3 Å². The predicted octanol–water partition coefficient (Wildman–Crippen LogP) is 7.11. The fourth-order valence-corrected chi connectivity index (χ4v) is 5.22. The number of carbonyl (C=O) groups is 1. The smallest absolute Gasteiger partial charge is 0.415 e. The summed E-state index contributed by atoms with van der Waals surface area (Å²) in [7, 11) is 0. The van der Waals surface area contributed by atoms with Gasteiger partial charge in [-0.05, 0) is 77.4 Å². The molecule has 1 N–H and O–H groups in total. The van der Waals surface area contributed by atoms with E-state index in [0.717, 1.165) is 18.4 Å². The minimum atomic E-state index is -0.771. The Labute approximate surface area is 213 Å². The van der Waals surface area contributed by atoms with E-state index in [4.69, 9.17) is 9.47 Å². The number of amides is 1. The molecule has 1 aliphatic rings. The molecule has 1 aromatic rings. The molecule has 0 saturated heterocycles. The van der Waals surface area contributed by atoms with E-state index in [1.165, 1.54) is 0 Å². The van der Waals surface area contributed by atoms with E-state index < -0.39 is 11.7 Å². The average molecular weight is 486 g/mol. The molecule has 1 aromatic carbocycles. The van der Waals surface area contributed by atoms with Crippen LogP contribution in [0, 0.1) is 17.8 Å². The van der Waals surface area contributed by atoms with Gasteiger partial charge in [-0.3, -0.25) is 0 Å². The van der Waals surface area contributed by atoms with Gasteiger partial charge in [-0.15, -0.1) is 6.58 Å². The van der Waals surface area contributed by atoms with Crippen LogP contribution in [-0.2, 0) is 16.1 Å². The Kier molecular flexibility index (Phi) is 11.0. The number of aliphatic hydroxyl groups is 1. The number of hydrogen-bond donors (Lipinski definition) is 1. The molecule has 4 atom stereocenters. The molecule has 2 rings (SSSR count). The van der Waals surface area contributed by atoms with Crippen molar-refractivity contribution in [1.82, 2.24) is 4.90 Å². The second-order valence-electron chi connectivity index (χ2n) is 11.0. The van der Waals surface area contributed by atoms with Gasteiger partial charge in [0.2, 0.25) is 0 Å². The van der Waals surface area contributed by atoms with Gasteiger partial charge < -0.3 is 19.5 Å². The van der Waals surface area contributed by atoms with Crippen LogP contribution in [0.4, 0.5) is 4.79 Å². The second-order valence-corrected chi connectivity index (χ2v) is 11.0. The fourth-order valence-electron chi connectivity index (χ4n) is 5.22. The lowest BCUT2D eigenvalue weighted by atomic mass is 9.70. The van der Waals surface area contributed by atoms with Crippen molar-refractivity contribution < 1.29 is 19.4 Å². The SMILES string of the molecule is C=CCC[C@@](C)(OCc1ccccc1)[C@H](O)[C@H]1C=C(OC(=O)N(C(C)C)C(C)C)CC[C@@H]1C(C)C. The first kappa shape index (κ1) is 29.1. The molecule has 35 heavy (non-hydrogen) atoms. The Morgan fingerprint density at radius 2 is 1.80 bits per heavy atom. The molecule has 5 heteroatoms. The maximum Gasteiger partial charge on any atom is 0.415 e. The molecule has 5 nitrogen and oxygen atoms in total. The third-order valence-electron chi connectivity index (χ3n) is 7.24. The topological polar surface area (TPSA) is 59.0 Å². The standard InChI is InChI=1S/C30H47NO4/c1-9-10-18-30(8,34-20-24-14-12-11-13-15-24)28(32)27-19-25(16-17-26(27)21(2)3)35-29(33)31(22(4)5)23(6)7/h9,11-15,19,21-23,26-28,32H,1,10,16-18,20H2,2-8H3/t26-,27+,28-,30-/m1/s1. The van der Waals surface area contributed by atoms with Crippen LogP contribution in [-0.4, -0.2) is 39.9 Å². The molecule has 0 unspecified atom stereocenters. The van der Waals surface area contributed by atoms with Crippen molar-refractivity contribution in [1.29, 1.82) is 0 Å². The normalized spacial score (nSPS) is 20.9. The Morgan fingerprint density at radius 1 is 1.17 bits per heavy atom. The molecule has 1 amide bonds. The third-order valence-corrected chi connectivity index (χ3v) is 7.24. The van der Waals surface area contributed by atoms with Crippen LogP contribution in [0.5, 0.6) is 0 Å². The van der Waals surface area contributed by atoms with Crippen LogP contribution < -0.4 is 0 Å². The average Bonchev–Trinajstić information content (AvgIpc) is 2.81. The molecule has 0 fully saturated rings. The van der Waals surface area contributed by atoms with Crippen molar-refractivity contribution in [2.24, 2.45) is 17.8 Å². The van der Waals surface area contributed by atoms with E-state index >= 15 is 0 Å². The van der Waals surface area contributed by atoms with Crippen molar-refractivity contribution in [3.63, 3.8) is 0 Å². The van der Waals surface area contributed by atoms with E-state index in [1.807, 2.05) is 77.1 Å². The van der Waals surface area contributed by atoms with Crippen molar-refractivity contribution in [2.45, 2.75) is 105 Å². The summed E-state index contributed by atoms with van der Waals surface area (Å²) in [5.41, 5.74) is 0.299. The summed E-state index contributed by atoms with van der Waals surface area (Å²) in [6, 6.07) is 10.1. The lowest BCUT2D eigenvalue weighted by Gasteiger charge is -2.43. The summed E-state index contributed by atoms with van der Waals surface area (Å²) >= 11 is 0. The Morgan fingerprint density at radius 3 is 2.34 bits per heavy atom. The zero-order valence-electron chi connectivity index (χ0n) is 22.9. The lowest BCUT2D eigenvalue weighted by molar-refractivity contribution is -0.147. The number of nitrogens with zero attached hydrogens (tertiary/aromatic N) is 1. The number of rotatable bonds is 12. The molecule has 0 heterocycles. The first-order valence-corrected chi connectivity index (χ1v) is 13.2. The van der Waals surface area contributed by atoms with Gasteiger partial charge in [0.1, 0.15) is 5.76 Å². The summed E-state index contributed by atoms with van der Waals surface area (Å²) in [5, 5.41) is 11.8. The quantitative estimate of drug-likeness (QED) is 0.321. The van der Waals surface area contributed by atoms with Crippen molar-refractivity contribution >= 4 is 6.09 Å². The number of benzene rings is 1. The molecule has 196 valence electrons. The van der Waals surface area contributed by atoms with Crippen LogP contribution in [0.2, 0.25) is 0 Å². The highest BCUT2D eigenvalue weighted by Gasteiger charge is 2.43. The van der Waals surface area contributed by atoms with Gasteiger partial charge in [0.15, 0.2) is 0 Å². The Balaban J connectivity index is 2.31. The molecule has 0 aromatic heterocycles. The monoisotopic (exact) mass is 485 g/mol. The Hall–Kier alpha value is -2.11. The van der Waals surface area contributed by atoms with Crippen molar-refractivity contribution in [3.05, 3.63) is 60.4 Å². The van der Waals surface area contributed by atoms with Crippen LogP contribution in [0.15, 0.2) is 54.8 Å². The van der Waals surface area contributed by atoms with Crippen LogP contribution in [0.1, 0.15) is 79.7 Å². The highest BCUT2D eigenvalue weighted by molar-refractivity contribution is 5.69. The minimum Gasteiger partial charge on any atom is -0.415 e.